The van der Waals surface area contributed by atoms with E-state index in [4.69, 9.17) is 5.11 Å². The number of hydrogen-bond donors (Lipinski definition) is 2. The molecule has 0 saturated heterocycles. The molecule has 0 aliphatic heterocycles. The predicted molar refractivity (Wildman–Crippen MR) is 67.1 cm³/mol. The van der Waals surface area contributed by atoms with E-state index in [-0.39, 0.29) is 0 Å². The summed E-state index contributed by atoms with van der Waals surface area (Å²) in [5.74, 6) is -0.0850. The van der Waals surface area contributed by atoms with Crippen LogP contribution in [-0.2, 0) is 6.54 Å². The molecular formula is C12H19NO2S. The molecule has 3 nitrogen and oxygen atoms in total. The van der Waals surface area contributed by atoms with E-state index in [9.17, 15) is 4.79 Å². The first-order valence-electron chi connectivity index (χ1n) is 5.62. The topological polar surface area (TPSA) is 49.3 Å². The monoisotopic (exact) mass is 241 g/mol. The molecule has 0 bridgehead atoms. The number of rotatable bonds is 7. The summed E-state index contributed by atoms with van der Waals surface area (Å²) in [6.45, 7) is 6.21. The molecule has 0 saturated carbocycles. The summed E-state index contributed by atoms with van der Waals surface area (Å²) in [5.41, 5.74) is 0. The van der Waals surface area contributed by atoms with E-state index in [0.717, 1.165) is 23.9 Å². The minimum Gasteiger partial charge on any atom is -0.477 e. The smallest absolute Gasteiger partial charge is 0.345 e. The molecule has 90 valence electrons. The highest BCUT2D eigenvalue weighted by Crippen LogP contribution is 2.16. The van der Waals surface area contributed by atoms with Crippen LogP contribution in [0.2, 0.25) is 0 Å². The van der Waals surface area contributed by atoms with Gasteiger partial charge in [0, 0.05) is 11.4 Å². The number of carboxylic acids is 1. The van der Waals surface area contributed by atoms with Crippen molar-refractivity contribution in [2.24, 2.45) is 5.92 Å². The van der Waals surface area contributed by atoms with E-state index in [2.05, 4.69) is 19.2 Å². The fourth-order valence-electron chi connectivity index (χ4n) is 1.43. The molecule has 1 aromatic heterocycles. The molecule has 2 N–H and O–H groups in total. The van der Waals surface area contributed by atoms with Crippen LogP contribution in [0.4, 0.5) is 0 Å². The van der Waals surface area contributed by atoms with Crippen molar-refractivity contribution >= 4 is 17.3 Å². The quantitative estimate of drug-likeness (QED) is 0.722. The van der Waals surface area contributed by atoms with Crippen LogP contribution in [0, 0.1) is 5.92 Å². The Balaban J connectivity index is 2.19. The van der Waals surface area contributed by atoms with Crippen molar-refractivity contribution < 1.29 is 9.90 Å². The first kappa shape index (κ1) is 13.2. The van der Waals surface area contributed by atoms with Crippen LogP contribution < -0.4 is 5.32 Å². The molecule has 0 radical (unpaired) electrons. The van der Waals surface area contributed by atoms with Gasteiger partial charge in [0.1, 0.15) is 4.88 Å². The van der Waals surface area contributed by atoms with Gasteiger partial charge in [0.15, 0.2) is 0 Å². The van der Waals surface area contributed by atoms with Gasteiger partial charge in [0.05, 0.1) is 0 Å². The summed E-state index contributed by atoms with van der Waals surface area (Å²) >= 11 is 1.34. The summed E-state index contributed by atoms with van der Waals surface area (Å²) in [4.78, 5) is 12.2. The summed E-state index contributed by atoms with van der Waals surface area (Å²) < 4.78 is 0. The van der Waals surface area contributed by atoms with E-state index in [1.54, 1.807) is 6.07 Å². The standard InChI is InChI=1S/C12H19NO2S/c1-9(2)4-3-7-13-8-10-5-6-11(16-10)12(14)15/h5-6,9,13H,3-4,7-8H2,1-2H3,(H,14,15). The predicted octanol–water partition coefficient (Wildman–Crippen LogP) is 2.97. The molecule has 0 fully saturated rings. The second-order valence-electron chi connectivity index (χ2n) is 4.28. The summed E-state index contributed by atoms with van der Waals surface area (Å²) in [6, 6.07) is 3.54. The minimum absolute atomic E-state index is 0.416. The van der Waals surface area contributed by atoms with Crippen molar-refractivity contribution in [3.8, 4) is 0 Å². The average molecular weight is 241 g/mol. The van der Waals surface area contributed by atoms with Crippen molar-refractivity contribution in [3.63, 3.8) is 0 Å². The first-order valence-corrected chi connectivity index (χ1v) is 6.44. The number of carbonyl (C=O) groups is 1. The molecule has 0 atom stereocenters. The summed E-state index contributed by atoms with van der Waals surface area (Å²) in [6.07, 6.45) is 2.41. The van der Waals surface area contributed by atoms with Crippen LogP contribution >= 0.6 is 11.3 Å². The second-order valence-corrected chi connectivity index (χ2v) is 5.45. The second kappa shape index (κ2) is 6.66. The van der Waals surface area contributed by atoms with E-state index in [1.165, 1.54) is 24.2 Å². The Hall–Kier alpha value is -0.870. The van der Waals surface area contributed by atoms with Crippen LogP contribution in [0.1, 0.15) is 41.2 Å². The Morgan fingerprint density at radius 2 is 2.25 bits per heavy atom. The van der Waals surface area contributed by atoms with Crippen molar-refractivity contribution in [1.29, 1.82) is 0 Å². The molecule has 0 amide bonds. The molecule has 1 heterocycles. The lowest BCUT2D eigenvalue weighted by atomic mass is 10.1. The molecule has 4 heteroatoms. The van der Waals surface area contributed by atoms with Gasteiger partial charge in [-0.1, -0.05) is 13.8 Å². The van der Waals surface area contributed by atoms with Gasteiger partial charge in [-0.2, -0.15) is 0 Å². The largest absolute Gasteiger partial charge is 0.477 e. The van der Waals surface area contributed by atoms with Gasteiger partial charge in [0.2, 0.25) is 0 Å². The minimum atomic E-state index is -0.837. The van der Waals surface area contributed by atoms with Gasteiger partial charge >= 0.3 is 5.97 Å². The molecule has 0 spiro atoms. The highest BCUT2D eigenvalue weighted by Gasteiger charge is 2.06. The number of carboxylic acid groups (broad SMARTS) is 1. The lowest BCUT2D eigenvalue weighted by molar-refractivity contribution is 0.0702. The fourth-order valence-corrected chi connectivity index (χ4v) is 2.25. The SMILES string of the molecule is CC(C)CCCNCc1ccc(C(=O)O)s1. The molecule has 0 aliphatic carbocycles. The maximum atomic E-state index is 10.7. The zero-order valence-electron chi connectivity index (χ0n) is 9.82. The van der Waals surface area contributed by atoms with Gasteiger partial charge < -0.3 is 10.4 Å². The lowest BCUT2D eigenvalue weighted by Gasteiger charge is -2.05. The number of hydrogen-bond acceptors (Lipinski definition) is 3. The van der Waals surface area contributed by atoms with Gasteiger partial charge in [0.25, 0.3) is 0 Å². The van der Waals surface area contributed by atoms with Gasteiger partial charge in [-0.15, -0.1) is 11.3 Å². The summed E-state index contributed by atoms with van der Waals surface area (Å²) in [5, 5.41) is 12.1. The van der Waals surface area contributed by atoms with Crippen LogP contribution in [-0.4, -0.2) is 17.6 Å². The number of thiophene rings is 1. The van der Waals surface area contributed by atoms with E-state index in [1.807, 2.05) is 6.07 Å². The van der Waals surface area contributed by atoms with Crippen LogP contribution in [0.15, 0.2) is 12.1 Å². The zero-order chi connectivity index (χ0) is 12.0. The molecule has 0 unspecified atom stereocenters. The number of nitrogens with one attached hydrogen (secondary N) is 1. The normalized spacial score (nSPS) is 10.9. The van der Waals surface area contributed by atoms with E-state index in [0.29, 0.717) is 4.88 Å². The Kier molecular flexibility index (Phi) is 5.49. The Morgan fingerprint density at radius 3 is 2.81 bits per heavy atom. The Labute approximate surface area is 100 Å². The zero-order valence-corrected chi connectivity index (χ0v) is 10.6. The number of aromatic carboxylic acids is 1. The van der Waals surface area contributed by atoms with Gasteiger partial charge in [-0.05, 0) is 37.4 Å². The van der Waals surface area contributed by atoms with E-state index >= 15 is 0 Å². The summed E-state index contributed by atoms with van der Waals surface area (Å²) in [7, 11) is 0. The highest BCUT2D eigenvalue weighted by atomic mass is 32.1. The average Bonchev–Trinajstić information content (AvgIpc) is 2.65. The third kappa shape index (κ3) is 4.77. The first-order chi connectivity index (χ1) is 7.59. The van der Waals surface area contributed by atoms with E-state index < -0.39 is 5.97 Å². The Bertz CT molecular complexity index is 334. The third-order valence-electron chi connectivity index (χ3n) is 2.31. The maximum absolute atomic E-state index is 10.7. The lowest BCUT2D eigenvalue weighted by Crippen LogP contribution is -2.14. The third-order valence-corrected chi connectivity index (χ3v) is 3.38. The van der Waals surface area contributed by atoms with Crippen molar-refractivity contribution in [1.82, 2.24) is 5.32 Å². The van der Waals surface area contributed by atoms with Crippen LogP contribution in [0.3, 0.4) is 0 Å². The highest BCUT2D eigenvalue weighted by molar-refractivity contribution is 7.13. The molecule has 1 aromatic rings. The molecular weight excluding hydrogens is 222 g/mol. The van der Waals surface area contributed by atoms with Crippen molar-refractivity contribution in [3.05, 3.63) is 21.9 Å². The van der Waals surface area contributed by atoms with Crippen LogP contribution in [0.5, 0.6) is 0 Å². The van der Waals surface area contributed by atoms with Gasteiger partial charge in [-0.3, -0.25) is 0 Å². The van der Waals surface area contributed by atoms with Crippen LogP contribution in [0.25, 0.3) is 0 Å². The maximum Gasteiger partial charge on any atom is 0.345 e. The molecule has 16 heavy (non-hydrogen) atoms. The molecule has 1 rings (SSSR count). The molecule has 0 aromatic carbocycles. The fraction of sp³-hybridized carbons (Fsp3) is 0.583. The van der Waals surface area contributed by atoms with Crippen molar-refractivity contribution in [2.45, 2.75) is 33.2 Å². The Morgan fingerprint density at radius 1 is 1.50 bits per heavy atom. The molecule has 0 aliphatic rings. The van der Waals surface area contributed by atoms with Crippen molar-refractivity contribution in [2.75, 3.05) is 6.54 Å². The van der Waals surface area contributed by atoms with Gasteiger partial charge in [-0.25, -0.2) is 4.79 Å².